The Labute approximate surface area is 130 Å². The number of piperidine rings is 1. The molecule has 2 aromatic rings. The van der Waals surface area contributed by atoms with E-state index in [1.54, 1.807) is 6.20 Å². The summed E-state index contributed by atoms with van der Waals surface area (Å²) in [7, 11) is 0. The summed E-state index contributed by atoms with van der Waals surface area (Å²) >= 11 is 2.70. The SMILES string of the molecule is Nc1nnc(SCC(=O)N2CCC[C@@H](c3ccn[nH]3)C2)s1. The van der Waals surface area contributed by atoms with E-state index in [-0.39, 0.29) is 5.91 Å². The average molecular weight is 324 g/mol. The van der Waals surface area contributed by atoms with E-state index in [1.807, 2.05) is 11.0 Å². The Kier molecular flexibility index (Phi) is 4.39. The fourth-order valence-electron chi connectivity index (χ4n) is 2.45. The topological polar surface area (TPSA) is 101 Å². The highest BCUT2D eigenvalue weighted by molar-refractivity contribution is 8.01. The number of hydrogen-bond donors (Lipinski definition) is 2. The zero-order valence-corrected chi connectivity index (χ0v) is 13.0. The van der Waals surface area contributed by atoms with E-state index in [2.05, 4.69) is 20.4 Å². The number of anilines is 1. The van der Waals surface area contributed by atoms with Gasteiger partial charge in [-0.15, -0.1) is 10.2 Å². The molecule has 1 amide bonds. The summed E-state index contributed by atoms with van der Waals surface area (Å²) in [5, 5.41) is 15.1. The highest BCUT2D eigenvalue weighted by atomic mass is 32.2. The molecule has 9 heteroatoms. The second-order valence-corrected chi connectivity index (χ2v) is 7.12. The van der Waals surface area contributed by atoms with Crippen LogP contribution in [0.5, 0.6) is 0 Å². The van der Waals surface area contributed by atoms with Crippen LogP contribution >= 0.6 is 23.1 Å². The molecule has 3 rings (SSSR count). The second-order valence-electron chi connectivity index (χ2n) is 4.89. The number of aromatic amines is 1. The number of carbonyl (C=O) groups is 1. The Balaban J connectivity index is 1.54. The smallest absolute Gasteiger partial charge is 0.233 e. The fourth-order valence-corrected chi connectivity index (χ4v) is 3.98. The number of nitrogens with two attached hydrogens (primary N) is 1. The maximum atomic E-state index is 12.3. The molecule has 112 valence electrons. The molecule has 1 saturated heterocycles. The normalized spacial score (nSPS) is 18.9. The van der Waals surface area contributed by atoms with Gasteiger partial charge in [-0.1, -0.05) is 23.1 Å². The van der Waals surface area contributed by atoms with Gasteiger partial charge in [0, 0.05) is 30.9 Å². The first-order valence-electron chi connectivity index (χ1n) is 6.71. The molecule has 2 aromatic heterocycles. The number of likely N-dealkylation sites (tertiary alicyclic amines) is 1. The quantitative estimate of drug-likeness (QED) is 0.823. The van der Waals surface area contributed by atoms with Gasteiger partial charge in [-0.25, -0.2) is 0 Å². The Morgan fingerprint density at radius 1 is 1.57 bits per heavy atom. The number of thioether (sulfide) groups is 1. The van der Waals surface area contributed by atoms with E-state index in [1.165, 1.54) is 23.1 Å². The van der Waals surface area contributed by atoms with Gasteiger partial charge in [-0.05, 0) is 18.9 Å². The molecule has 1 fully saturated rings. The molecule has 0 saturated carbocycles. The monoisotopic (exact) mass is 324 g/mol. The van der Waals surface area contributed by atoms with E-state index in [4.69, 9.17) is 5.73 Å². The van der Waals surface area contributed by atoms with Crippen LogP contribution in [0.2, 0.25) is 0 Å². The summed E-state index contributed by atoms with van der Waals surface area (Å²) in [5.41, 5.74) is 6.64. The van der Waals surface area contributed by atoms with Gasteiger partial charge >= 0.3 is 0 Å². The lowest BCUT2D eigenvalue weighted by atomic mass is 9.95. The lowest BCUT2D eigenvalue weighted by molar-refractivity contribution is -0.129. The van der Waals surface area contributed by atoms with Crippen molar-refractivity contribution in [2.24, 2.45) is 0 Å². The van der Waals surface area contributed by atoms with Gasteiger partial charge in [0.05, 0.1) is 5.75 Å². The summed E-state index contributed by atoms with van der Waals surface area (Å²) in [4.78, 5) is 14.2. The van der Waals surface area contributed by atoms with Crippen molar-refractivity contribution in [1.82, 2.24) is 25.3 Å². The number of aromatic nitrogens is 4. The van der Waals surface area contributed by atoms with E-state index < -0.39 is 0 Å². The summed E-state index contributed by atoms with van der Waals surface area (Å²) in [6, 6.07) is 1.98. The maximum Gasteiger partial charge on any atom is 0.233 e. The standard InChI is InChI=1S/C12H16N6OS2/c13-11-16-17-12(21-11)20-7-10(19)18-5-1-2-8(6-18)9-3-4-14-15-9/h3-4,8H,1-2,5-7H2,(H2,13,16)(H,14,15)/t8-/m1/s1. The largest absolute Gasteiger partial charge is 0.374 e. The zero-order valence-electron chi connectivity index (χ0n) is 11.4. The number of carbonyl (C=O) groups excluding carboxylic acids is 1. The number of amides is 1. The Morgan fingerprint density at radius 3 is 3.19 bits per heavy atom. The minimum Gasteiger partial charge on any atom is -0.374 e. The van der Waals surface area contributed by atoms with E-state index in [0.29, 0.717) is 16.8 Å². The van der Waals surface area contributed by atoms with Crippen molar-refractivity contribution in [2.45, 2.75) is 23.1 Å². The number of H-pyrrole nitrogens is 1. The third kappa shape index (κ3) is 3.53. The molecule has 0 aliphatic carbocycles. The Morgan fingerprint density at radius 2 is 2.48 bits per heavy atom. The van der Waals surface area contributed by atoms with Gasteiger partial charge in [-0.2, -0.15) is 5.10 Å². The minimum atomic E-state index is 0.137. The highest BCUT2D eigenvalue weighted by Gasteiger charge is 2.25. The Hall–Kier alpha value is -1.61. The zero-order chi connectivity index (χ0) is 14.7. The van der Waals surface area contributed by atoms with Gasteiger partial charge in [0.25, 0.3) is 0 Å². The molecule has 7 nitrogen and oxygen atoms in total. The lowest BCUT2D eigenvalue weighted by Crippen LogP contribution is -2.40. The number of nitrogens with zero attached hydrogens (tertiary/aromatic N) is 4. The second kappa shape index (κ2) is 6.44. The average Bonchev–Trinajstić information content (AvgIpc) is 3.16. The molecule has 0 aromatic carbocycles. The van der Waals surface area contributed by atoms with Crippen molar-refractivity contribution < 1.29 is 4.79 Å². The third-order valence-corrected chi connectivity index (χ3v) is 5.35. The van der Waals surface area contributed by atoms with Crippen molar-refractivity contribution in [3.05, 3.63) is 18.0 Å². The van der Waals surface area contributed by atoms with Gasteiger partial charge in [0.2, 0.25) is 11.0 Å². The molecule has 1 aliphatic heterocycles. The predicted octanol–water partition coefficient (Wildman–Crippen LogP) is 1.34. The van der Waals surface area contributed by atoms with Crippen LogP contribution < -0.4 is 5.73 Å². The summed E-state index contributed by atoms with van der Waals surface area (Å²) < 4.78 is 0.739. The van der Waals surface area contributed by atoms with Gasteiger partial charge in [-0.3, -0.25) is 9.89 Å². The molecule has 0 radical (unpaired) electrons. The molecule has 0 spiro atoms. The van der Waals surface area contributed by atoms with Crippen molar-refractivity contribution >= 4 is 34.1 Å². The lowest BCUT2D eigenvalue weighted by Gasteiger charge is -2.32. The first kappa shape index (κ1) is 14.3. The maximum absolute atomic E-state index is 12.3. The van der Waals surface area contributed by atoms with Crippen LogP contribution in [-0.4, -0.2) is 50.0 Å². The van der Waals surface area contributed by atoms with Crippen LogP contribution in [0.1, 0.15) is 24.5 Å². The van der Waals surface area contributed by atoms with Crippen LogP contribution in [0.25, 0.3) is 0 Å². The molecular formula is C12H16N6OS2. The first-order valence-corrected chi connectivity index (χ1v) is 8.51. The summed E-state index contributed by atoms with van der Waals surface area (Å²) in [6.45, 7) is 1.57. The van der Waals surface area contributed by atoms with Crippen molar-refractivity contribution in [2.75, 3.05) is 24.6 Å². The van der Waals surface area contributed by atoms with Crippen LogP contribution in [0.15, 0.2) is 16.6 Å². The van der Waals surface area contributed by atoms with Gasteiger partial charge < -0.3 is 10.6 Å². The molecule has 0 unspecified atom stereocenters. The van der Waals surface area contributed by atoms with Crippen LogP contribution in [-0.2, 0) is 4.79 Å². The first-order chi connectivity index (χ1) is 10.2. The molecule has 1 atom stereocenters. The van der Waals surface area contributed by atoms with Crippen molar-refractivity contribution in [3.63, 3.8) is 0 Å². The van der Waals surface area contributed by atoms with Gasteiger partial charge in [0.1, 0.15) is 0 Å². The molecule has 0 bridgehead atoms. The number of hydrogen-bond acceptors (Lipinski definition) is 7. The van der Waals surface area contributed by atoms with Crippen molar-refractivity contribution in [1.29, 1.82) is 0 Å². The summed E-state index contributed by atoms with van der Waals surface area (Å²) in [5.74, 6) is 0.870. The van der Waals surface area contributed by atoms with Crippen LogP contribution in [0.4, 0.5) is 5.13 Å². The third-order valence-electron chi connectivity index (χ3n) is 3.48. The summed E-state index contributed by atoms with van der Waals surface area (Å²) in [6.07, 6.45) is 3.86. The molecule has 3 N–H and O–H groups in total. The molecule has 3 heterocycles. The highest BCUT2D eigenvalue weighted by Crippen LogP contribution is 2.27. The molecular weight excluding hydrogens is 308 g/mol. The minimum absolute atomic E-state index is 0.137. The molecule has 21 heavy (non-hydrogen) atoms. The van der Waals surface area contributed by atoms with Crippen LogP contribution in [0, 0.1) is 0 Å². The predicted molar refractivity (Wildman–Crippen MR) is 82.2 cm³/mol. The number of nitrogens with one attached hydrogen (secondary N) is 1. The Bertz CT molecular complexity index is 599. The van der Waals surface area contributed by atoms with Crippen molar-refractivity contribution in [3.8, 4) is 0 Å². The molecule has 1 aliphatic rings. The number of rotatable bonds is 4. The van der Waals surface area contributed by atoms with E-state index in [0.717, 1.165) is 36.0 Å². The van der Waals surface area contributed by atoms with Crippen LogP contribution in [0.3, 0.4) is 0 Å². The van der Waals surface area contributed by atoms with Gasteiger partial charge in [0.15, 0.2) is 4.34 Å². The fraction of sp³-hybridized carbons (Fsp3) is 0.500. The van der Waals surface area contributed by atoms with E-state index >= 15 is 0 Å². The van der Waals surface area contributed by atoms with E-state index in [9.17, 15) is 4.79 Å². The number of nitrogen functional groups attached to an aromatic ring is 1.